The molecule has 0 saturated carbocycles. The molecule has 1 atom stereocenters. The third-order valence-corrected chi connectivity index (χ3v) is 3.04. The summed E-state index contributed by atoms with van der Waals surface area (Å²) in [7, 11) is 0. The van der Waals surface area contributed by atoms with Gasteiger partial charge in [0, 0.05) is 25.5 Å². The monoisotopic (exact) mass is 224 g/mol. The maximum absolute atomic E-state index is 12.0. The molecular formula is C11H13ClN2O. The first kappa shape index (κ1) is 10.4. The highest BCUT2D eigenvalue weighted by Crippen LogP contribution is 2.21. The van der Waals surface area contributed by atoms with E-state index in [2.05, 4.69) is 11.9 Å². The Morgan fingerprint density at radius 3 is 3.07 bits per heavy atom. The highest BCUT2D eigenvalue weighted by Gasteiger charge is 2.25. The molecule has 0 aromatic carbocycles. The topological polar surface area (TPSA) is 33.2 Å². The van der Waals surface area contributed by atoms with Crippen LogP contribution in [0.15, 0.2) is 18.5 Å². The first-order valence-electron chi connectivity index (χ1n) is 5.07. The molecule has 2 heterocycles. The summed E-state index contributed by atoms with van der Waals surface area (Å²) in [6.07, 6.45) is 4.20. The van der Waals surface area contributed by atoms with Gasteiger partial charge in [-0.15, -0.1) is 0 Å². The molecule has 1 fully saturated rings. The van der Waals surface area contributed by atoms with Gasteiger partial charge in [0.25, 0.3) is 5.91 Å². The van der Waals surface area contributed by atoms with Crippen LogP contribution in [0.2, 0.25) is 5.02 Å². The van der Waals surface area contributed by atoms with Crippen molar-refractivity contribution in [2.75, 3.05) is 13.1 Å². The minimum absolute atomic E-state index is 0.00236. The van der Waals surface area contributed by atoms with E-state index in [-0.39, 0.29) is 5.91 Å². The second kappa shape index (κ2) is 4.19. The lowest BCUT2D eigenvalue weighted by Gasteiger charge is -2.16. The van der Waals surface area contributed by atoms with Gasteiger partial charge in [0.2, 0.25) is 0 Å². The van der Waals surface area contributed by atoms with E-state index in [4.69, 9.17) is 11.6 Å². The van der Waals surface area contributed by atoms with E-state index in [0.717, 1.165) is 19.5 Å². The third kappa shape index (κ3) is 2.12. The molecule has 0 bridgehead atoms. The van der Waals surface area contributed by atoms with Crippen LogP contribution in [0.3, 0.4) is 0 Å². The van der Waals surface area contributed by atoms with Gasteiger partial charge in [-0.05, 0) is 18.4 Å². The molecule has 2 rings (SSSR count). The Morgan fingerprint density at radius 1 is 1.67 bits per heavy atom. The van der Waals surface area contributed by atoms with E-state index in [1.807, 2.05) is 4.90 Å². The Hall–Kier alpha value is -1.09. The fraction of sp³-hybridized carbons (Fsp3) is 0.455. The Balaban J connectivity index is 2.18. The van der Waals surface area contributed by atoms with E-state index in [9.17, 15) is 4.79 Å². The summed E-state index contributed by atoms with van der Waals surface area (Å²) in [5.41, 5.74) is 0.508. The Morgan fingerprint density at radius 2 is 2.47 bits per heavy atom. The molecule has 1 unspecified atom stereocenters. The van der Waals surface area contributed by atoms with Gasteiger partial charge < -0.3 is 4.90 Å². The summed E-state index contributed by atoms with van der Waals surface area (Å²) >= 11 is 5.95. The van der Waals surface area contributed by atoms with Crippen LogP contribution < -0.4 is 0 Å². The summed E-state index contributed by atoms with van der Waals surface area (Å²) in [6, 6.07) is 1.65. The van der Waals surface area contributed by atoms with Crippen molar-refractivity contribution in [2.24, 2.45) is 5.92 Å². The molecule has 80 valence electrons. The summed E-state index contributed by atoms with van der Waals surface area (Å²) in [5, 5.41) is 0.481. The van der Waals surface area contributed by atoms with Gasteiger partial charge in [-0.3, -0.25) is 9.78 Å². The van der Waals surface area contributed by atoms with Crippen LogP contribution in [0.25, 0.3) is 0 Å². The summed E-state index contributed by atoms with van der Waals surface area (Å²) < 4.78 is 0. The Bertz CT molecular complexity index is 381. The number of halogens is 1. The summed E-state index contributed by atoms with van der Waals surface area (Å²) in [6.45, 7) is 3.80. The van der Waals surface area contributed by atoms with Gasteiger partial charge in [-0.25, -0.2) is 0 Å². The predicted molar refractivity (Wildman–Crippen MR) is 58.9 cm³/mol. The zero-order valence-electron chi connectivity index (χ0n) is 8.61. The van der Waals surface area contributed by atoms with Crippen molar-refractivity contribution in [1.29, 1.82) is 0 Å². The van der Waals surface area contributed by atoms with Gasteiger partial charge in [-0.2, -0.15) is 0 Å². The Kier molecular flexibility index (Phi) is 2.91. The molecular weight excluding hydrogens is 212 g/mol. The molecule has 0 N–H and O–H groups in total. The molecule has 0 spiro atoms. The van der Waals surface area contributed by atoms with Crippen LogP contribution in [0.5, 0.6) is 0 Å². The maximum atomic E-state index is 12.0. The normalized spacial score (nSPS) is 20.7. The van der Waals surface area contributed by atoms with Gasteiger partial charge >= 0.3 is 0 Å². The molecule has 1 saturated heterocycles. The number of hydrogen-bond donors (Lipinski definition) is 0. The number of hydrogen-bond acceptors (Lipinski definition) is 2. The van der Waals surface area contributed by atoms with Crippen molar-refractivity contribution in [2.45, 2.75) is 13.3 Å². The van der Waals surface area contributed by atoms with Gasteiger partial charge in [0.15, 0.2) is 0 Å². The highest BCUT2D eigenvalue weighted by atomic mass is 35.5. The van der Waals surface area contributed by atoms with Gasteiger partial charge in [-0.1, -0.05) is 18.5 Å². The van der Waals surface area contributed by atoms with Crippen LogP contribution >= 0.6 is 11.6 Å². The lowest BCUT2D eigenvalue weighted by atomic mass is 10.2. The standard InChI is InChI=1S/C11H13ClN2O/c1-8-3-5-14(7-8)11(15)9-6-13-4-2-10(9)12/h2,4,6,8H,3,5,7H2,1H3. The minimum Gasteiger partial charge on any atom is -0.338 e. The fourth-order valence-corrected chi connectivity index (χ4v) is 2.01. The number of likely N-dealkylation sites (tertiary alicyclic amines) is 1. The van der Waals surface area contributed by atoms with Crippen LogP contribution in [0.1, 0.15) is 23.7 Å². The number of aromatic nitrogens is 1. The molecule has 4 heteroatoms. The number of amides is 1. The molecule has 0 aliphatic carbocycles. The molecule has 3 nitrogen and oxygen atoms in total. The number of pyridine rings is 1. The van der Waals surface area contributed by atoms with E-state index in [1.165, 1.54) is 6.20 Å². The van der Waals surface area contributed by atoms with Crippen LogP contribution in [-0.2, 0) is 0 Å². The van der Waals surface area contributed by atoms with Crippen LogP contribution in [-0.4, -0.2) is 28.9 Å². The number of rotatable bonds is 1. The second-order valence-electron chi connectivity index (χ2n) is 4.00. The number of carbonyl (C=O) groups excluding carboxylic acids is 1. The van der Waals surface area contributed by atoms with Crippen molar-refractivity contribution in [1.82, 2.24) is 9.88 Å². The van der Waals surface area contributed by atoms with Crippen LogP contribution in [0, 0.1) is 5.92 Å². The average Bonchev–Trinajstić information content (AvgIpc) is 2.65. The van der Waals surface area contributed by atoms with Crippen molar-refractivity contribution in [3.63, 3.8) is 0 Å². The third-order valence-electron chi connectivity index (χ3n) is 2.71. The van der Waals surface area contributed by atoms with Crippen molar-refractivity contribution < 1.29 is 4.79 Å². The maximum Gasteiger partial charge on any atom is 0.256 e. The first-order valence-corrected chi connectivity index (χ1v) is 5.45. The minimum atomic E-state index is -0.00236. The zero-order valence-corrected chi connectivity index (χ0v) is 9.37. The zero-order chi connectivity index (χ0) is 10.8. The highest BCUT2D eigenvalue weighted by molar-refractivity contribution is 6.33. The molecule has 1 aromatic rings. The second-order valence-corrected chi connectivity index (χ2v) is 4.41. The SMILES string of the molecule is CC1CCN(C(=O)c2cnccc2Cl)C1. The molecule has 1 aliphatic heterocycles. The predicted octanol–water partition coefficient (Wildman–Crippen LogP) is 2.22. The lowest BCUT2D eigenvalue weighted by Crippen LogP contribution is -2.28. The average molecular weight is 225 g/mol. The van der Waals surface area contributed by atoms with Crippen LogP contribution in [0.4, 0.5) is 0 Å². The quantitative estimate of drug-likeness (QED) is 0.733. The Labute approximate surface area is 94.1 Å². The van der Waals surface area contributed by atoms with E-state index in [0.29, 0.717) is 16.5 Å². The summed E-state index contributed by atoms with van der Waals surface area (Å²) in [4.78, 5) is 17.8. The van der Waals surface area contributed by atoms with Gasteiger partial charge in [0.1, 0.15) is 0 Å². The van der Waals surface area contributed by atoms with Crippen molar-refractivity contribution in [3.05, 3.63) is 29.0 Å². The molecule has 15 heavy (non-hydrogen) atoms. The van der Waals surface area contributed by atoms with Crippen molar-refractivity contribution >= 4 is 17.5 Å². The molecule has 1 amide bonds. The molecule has 1 aliphatic rings. The molecule has 1 aromatic heterocycles. The van der Waals surface area contributed by atoms with E-state index >= 15 is 0 Å². The number of nitrogens with zero attached hydrogens (tertiary/aromatic N) is 2. The summed E-state index contributed by atoms with van der Waals surface area (Å²) in [5.74, 6) is 0.585. The number of carbonyl (C=O) groups is 1. The molecule has 0 radical (unpaired) electrons. The first-order chi connectivity index (χ1) is 7.18. The smallest absolute Gasteiger partial charge is 0.256 e. The van der Waals surface area contributed by atoms with Crippen molar-refractivity contribution in [3.8, 4) is 0 Å². The van der Waals surface area contributed by atoms with E-state index in [1.54, 1.807) is 12.3 Å². The van der Waals surface area contributed by atoms with Gasteiger partial charge in [0.05, 0.1) is 10.6 Å². The fourth-order valence-electron chi connectivity index (χ4n) is 1.82. The lowest BCUT2D eigenvalue weighted by molar-refractivity contribution is 0.0788. The van der Waals surface area contributed by atoms with E-state index < -0.39 is 0 Å². The largest absolute Gasteiger partial charge is 0.338 e.